The Hall–Kier alpha value is -2.61. The quantitative estimate of drug-likeness (QED) is 0.596. The Labute approximate surface area is 205 Å². The van der Waals surface area contributed by atoms with Crippen molar-refractivity contribution in [2.45, 2.75) is 43.9 Å². The molecule has 4 rings (SSSR count). The number of hydrogen-bond donors (Lipinski definition) is 1. The molecule has 0 bridgehead atoms. The van der Waals surface area contributed by atoms with Gasteiger partial charge in [0.1, 0.15) is 17.4 Å². The molecule has 1 amide bonds. The summed E-state index contributed by atoms with van der Waals surface area (Å²) in [5, 5.41) is 3.85. The Morgan fingerprint density at radius 3 is 2.59 bits per heavy atom. The van der Waals surface area contributed by atoms with Gasteiger partial charge in [-0.2, -0.15) is 0 Å². The molecule has 7 nitrogen and oxygen atoms in total. The number of benzene rings is 2. The first-order valence-corrected chi connectivity index (χ1v) is 12.0. The minimum absolute atomic E-state index is 0.00347. The van der Waals surface area contributed by atoms with Gasteiger partial charge in [-0.25, -0.2) is 4.79 Å². The van der Waals surface area contributed by atoms with Gasteiger partial charge in [-0.1, -0.05) is 29.8 Å². The number of rotatable bonds is 7. The smallest absolute Gasteiger partial charge is 0.337 e. The molecule has 0 aliphatic carbocycles. The van der Waals surface area contributed by atoms with Crippen molar-refractivity contribution >= 4 is 23.5 Å². The van der Waals surface area contributed by atoms with Gasteiger partial charge in [-0.3, -0.25) is 9.69 Å². The molecule has 1 unspecified atom stereocenters. The largest absolute Gasteiger partial charge is 0.489 e. The van der Waals surface area contributed by atoms with E-state index >= 15 is 0 Å². The molecule has 2 aromatic rings. The number of carbonyl (C=O) groups is 2. The maximum atomic E-state index is 13.7. The first kappa shape index (κ1) is 24.5. The van der Waals surface area contributed by atoms with Gasteiger partial charge < -0.3 is 19.5 Å². The fourth-order valence-electron chi connectivity index (χ4n) is 4.78. The highest BCUT2D eigenvalue weighted by Gasteiger charge is 2.48. The molecule has 0 saturated carbocycles. The second-order valence-electron chi connectivity index (χ2n) is 8.88. The fraction of sp³-hybridized carbons (Fsp3) is 0.462. The van der Waals surface area contributed by atoms with Crippen LogP contribution in [0.25, 0.3) is 0 Å². The second-order valence-corrected chi connectivity index (χ2v) is 9.32. The number of halogens is 1. The summed E-state index contributed by atoms with van der Waals surface area (Å²) in [6.45, 7) is 4.49. The highest BCUT2D eigenvalue weighted by molar-refractivity contribution is 6.30. The standard InChI is InChI=1S/C26H31ClN2O5/c1-18(19-6-8-20(9-7-19)24(30)32-2)28-25(31)26(11-14-33-15-12-26)29-13-10-23(17-29)34-22-5-3-4-21(27)16-22/h3-9,16,18,23H,10-15,17H2,1-2H3,(H,28,31)/t18?,23-/m0/s1. The van der Waals surface area contributed by atoms with E-state index in [1.54, 1.807) is 12.1 Å². The number of esters is 1. The summed E-state index contributed by atoms with van der Waals surface area (Å²) in [6.07, 6.45) is 2.11. The summed E-state index contributed by atoms with van der Waals surface area (Å²) < 4.78 is 16.5. The number of nitrogens with zero attached hydrogens (tertiary/aromatic N) is 1. The molecule has 2 heterocycles. The van der Waals surface area contributed by atoms with Crippen LogP contribution in [0.1, 0.15) is 48.1 Å². The van der Waals surface area contributed by atoms with E-state index in [0.29, 0.717) is 43.2 Å². The lowest BCUT2D eigenvalue weighted by atomic mass is 9.86. The van der Waals surface area contributed by atoms with Gasteiger partial charge in [0, 0.05) is 31.3 Å². The molecule has 2 fully saturated rings. The predicted octanol–water partition coefficient (Wildman–Crippen LogP) is 4.01. The normalized spacial score (nSPS) is 21.0. The van der Waals surface area contributed by atoms with Crippen molar-refractivity contribution < 1.29 is 23.8 Å². The summed E-state index contributed by atoms with van der Waals surface area (Å²) in [6, 6.07) is 14.3. The minimum Gasteiger partial charge on any atom is -0.489 e. The van der Waals surface area contributed by atoms with E-state index in [9.17, 15) is 9.59 Å². The third-order valence-electron chi connectivity index (χ3n) is 6.77. The average Bonchev–Trinajstić information content (AvgIpc) is 3.33. The average molecular weight is 487 g/mol. The van der Waals surface area contributed by atoms with E-state index in [-0.39, 0.29) is 24.0 Å². The summed E-state index contributed by atoms with van der Waals surface area (Å²) in [5.74, 6) is 0.366. The number of likely N-dealkylation sites (tertiary alicyclic amines) is 1. The Morgan fingerprint density at radius 2 is 1.91 bits per heavy atom. The number of amides is 1. The van der Waals surface area contributed by atoms with E-state index in [1.807, 2.05) is 43.3 Å². The number of nitrogens with one attached hydrogen (secondary N) is 1. The Balaban J connectivity index is 1.44. The topological polar surface area (TPSA) is 77.1 Å². The van der Waals surface area contributed by atoms with Gasteiger partial charge in [0.25, 0.3) is 0 Å². The van der Waals surface area contributed by atoms with Gasteiger partial charge >= 0.3 is 5.97 Å². The lowest BCUT2D eigenvalue weighted by Gasteiger charge is -2.43. The van der Waals surface area contributed by atoms with E-state index in [2.05, 4.69) is 10.2 Å². The monoisotopic (exact) mass is 486 g/mol. The summed E-state index contributed by atoms with van der Waals surface area (Å²) in [4.78, 5) is 27.6. The number of ether oxygens (including phenoxy) is 3. The molecule has 0 spiro atoms. The van der Waals surface area contributed by atoms with Crippen LogP contribution in [0.2, 0.25) is 5.02 Å². The van der Waals surface area contributed by atoms with Crippen LogP contribution in [0.15, 0.2) is 48.5 Å². The lowest BCUT2D eigenvalue weighted by Crippen LogP contribution is -2.61. The molecular weight excluding hydrogens is 456 g/mol. The molecule has 2 aromatic carbocycles. The molecule has 2 aliphatic rings. The molecular formula is C26H31ClN2O5. The zero-order valence-corrected chi connectivity index (χ0v) is 20.3. The highest BCUT2D eigenvalue weighted by Crippen LogP contribution is 2.34. The van der Waals surface area contributed by atoms with Gasteiger partial charge in [0.2, 0.25) is 5.91 Å². The molecule has 0 aromatic heterocycles. The molecule has 1 N–H and O–H groups in total. The number of methoxy groups -OCH3 is 1. The van der Waals surface area contributed by atoms with Crippen LogP contribution in [-0.2, 0) is 14.3 Å². The van der Waals surface area contributed by atoms with Crippen molar-refractivity contribution in [1.29, 1.82) is 0 Å². The highest BCUT2D eigenvalue weighted by atomic mass is 35.5. The van der Waals surface area contributed by atoms with Gasteiger partial charge in [-0.05, 0) is 62.1 Å². The van der Waals surface area contributed by atoms with Crippen molar-refractivity contribution in [3.05, 3.63) is 64.7 Å². The molecule has 2 atom stereocenters. The maximum absolute atomic E-state index is 13.7. The Bertz CT molecular complexity index is 1010. The van der Waals surface area contributed by atoms with Gasteiger partial charge in [-0.15, -0.1) is 0 Å². The number of hydrogen-bond acceptors (Lipinski definition) is 6. The van der Waals surface area contributed by atoms with Crippen LogP contribution in [0.4, 0.5) is 0 Å². The van der Waals surface area contributed by atoms with Crippen LogP contribution in [0.5, 0.6) is 5.75 Å². The van der Waals surface area contributed by atoms with Crippen LogP contribution < -0.4 is 10.1 Å². The molecule has 0 radical (unpaired) electrons. The third-order valence-corrected chi connectivity index (χ3v) is 7.01. The third kappa shape index (κ3) is 5.37. The van der Waals surface area contributed by atoms with Crippen LogP contribution in [-0.4, -0.2) is 61.8 Å². The van der Waals surface area contributed by atoms with Gasteiger partial charge in [0.15, 0.2) is 0 Å². The van der Waals surface area contributed by atoms with Crippen molar-refractivity contribution in [1.82, 2.24) is 10.2 Å². The fourth-order valence-corrected chi connectivity index (χ4v) is 4.96. The van der Waals surface area contributed by atoms with E-state index < -0.39 is 5.54 Å². The second kappa shape index (κ2) is 10.8. The summed E-state index contributed by atoms with van der Waals surface area (Å²) >= 11 is 6.09. The first-order chi connectivity index (χ1) is 16.4. The van der Waals surface area contributed by atoms with Crippen molar-refractivity contribution in [2.24, 2.45) is 0 Å². The van der Waals surface area contributed by atoms with Crippen molar-refractivity contribution in [3.63, 3.8) is 0 Å². The minimum atomic E-state index is -0.634. The first-order valence-electron chi connectivity index (χ1n) is 11.7. The summed E-state index contributed by atoms with van der Waals surface area (Å²) in [7, 11) is 1.36. The van der Waals surface area contributed by atoms with E-state index in [1.165, 1.54) is 7.11 Å². The zero-order chi connectivity index (χ0) is 24.1. The van der Waals surface area contributed by atoms with E-state index in [4.69, 9.17) is 25.8 Å². The van der Waals surface area contributed by atoms with Crippen LogP contribution in [0.3, 0.4) is 0 Å². The number of carbonyl (C=O) groups excluding carboxylic acids is 2. The molecule has 2 saturated heterocycles. The van der Waals surface area contributed by atoms with Crippen molar-refractivity contribution in [3.8, 4) is 5.75 Å². The molecule has 2 aliphatic heterocycles. The van der Waals surface area contributed by atoms with Gasteiger partial charge in [0.05, 0.1) is 18.7 Å². The van der Waals surface area contributed by atoms with Crippen LogP contribution >= 0.6 is 11.6 Å². The maximum Gasteiger partial charge on any atom is 0.337 e. The van der Waals surface area contributed by atoms with Crippen molar-refractivity contribution in [2.75, 3.05) is 33.4 Å². The predicted molar refractivity (Wildman–Crippen MR) is 129 cm³/mol. The van der Waals surface area contributed by atoms with Crippen LogP contribution in [0, 0.1) is 0 Å². The lowest BCUT2D eigenvalue weighted by molar-refractivity contribution is -0.140. The molecule has 34 heavy (non-hydrogen) atoms. The SMILES string of the molecule is COC(=O)c1ccc(C(C)NC(=O)C2(N3CC[C@H](Oc4cccc(Cl)c4)C3)CCOCC2)cc1. The Kier molecular flexibility index (Phi) is 7.76. The Morgan fingerprint density at radius 1 is 1.18 bits per heavy atom. The molecule has 8 heteroatoms. The van der Waals surface area contributed by atoms with E-state index in [0.717, 1.165) is 24.3 Å². The zero-order valence-electron chi connectivity index (χ0n) is 19.6. The summed E-state index contributed by atoms with van der Waals surface area (Å²) in [5.41, 5.74) is 0.769. The molecule has 182 valence electrons.